The Balaban J connectivity index is 1.89. The number of hydrogen-bond donors (Lipinski definition) is 2. The van der Waals surface area contributed by atoms with E-state index in [1.54, 1.807) is 0 Å². The Morgan fingerprint density at radius 3 is 2.56 bits per heavy atom. The molecule has 1 aliphatic heterocycles. The van der Waals surface area contributed by atoms with E-state index in [0.717, 1.165) is 19.0 Å². The van der Waals surface area contributed by atoms with Gasteiger partial charge in [0.15, 0.2) is 5.96 Å². The first-order valence-electron chi connectivity index (χ1n) is 9.80. The van der Waals surface area contributed by atoms with Gasteiger partial charge in [-0.2, -0.15) is 0 Å². The predicted molar refractivity (Wildman–Crippen MR) is 112 cm³/mol. The Bertz CT molecular complexity index is 811. The SMILES string of the molecule is CCNC(=NCC(C)(C)NS(C)(=O)=O)N1CC2(CCCC2)c2ccccc21. The Kier molecular flexibility index (Phi) is 5.54. The molecule has 1 fully saturated rings. The van der Waals surface area contributed by atoms with Gasteiger partial charge >= 0.3 is 0 Å². The van der Waals surface area contributed by atoms with Gasteiger partial charge in [0, 0.05) is 29.7 Å². The summed E-state index contributed by atoms with van der Waals surface area (Å²) >= 11 is 0. The van der Waals surface area contributed by atoms with Gasteiger partial charge in [-0.3, -0.25) is 4.99 Å². The van der Waals surface area contributed by atoms with Crippen molar-refractivity contribution in [3.8, 4) is 0 Å². The highest BCUT2D eigenvalue weighted by atomic mass is 32.2. The Morgan fingerprint density at radius 2 is 1.93 bits per heavy atom. The summed E-state index contributed by atoms with van der Waals surface area (Å²) in [5, 5.41) is 3.41. The lowest BCUT2D eigenvalue weighted by Gasteiger charge is -2.28. The molecule has 1 aliphatic carbocycles. The van der Waals surface area contributed by atoms with Crippen LogP contribution in [0.4, 0.5) is 5.69 Å². The van der Waals surface area contributed by atoms with Crippen molar-refractivity contribution in [3.05, 3.63) is 29.8 Å². The number of fused-ring (bicyclic) bond motifs is 2. The number of para-hydroxylation sites is 1. The zero-order chi connectivity index (χ0) is 19.7. The van der Waals surface area contributed by atoms with E-state index in [9.17, 15) is 8.42 Å². The first kappa shape index (κ1) is 20.1. The van der Waals surface area contributed by atoms with Crippen molar-refractivity contribution in [1.82, 2.24) is 10.0 Å². The van der Waals surface area contributed by atoms with Crippen LogP contribution >= 0.6 is 0 Å². The molecule has 150 valence electrons. The van der Waals surface area contributed by atoms with Crippen molar-refractivity contribution >= 4 is 21.7 Å². The summed E-state index contributed by atoms with van der Waals surface area (Å²) in [6.07, 6.45) is 6.19. The molecule has 0 amide bonds. The number of hydrogen-bond acceptors (Lipinski definition) is 3. The van der Waals surface area contributed by atoms with Crippen LogP contribution in [0.3, 0.4) is 0 Å². The fourth-order valence-corrected chi connectivity index (χ4v) is 5.57. The van der Waals surface area contributed by atoms with E-state index < -0.39 is 15.6 Å². The molecular weight excluding hydrogens is 360 g/mol. The summed E-state index contributed by atoms with van der Waals surface area (Å²) in [4.78, 5) is 7.10. The Morgan fingerprint density at radius 1 is 1.26 bits per heavy atom. The molecule has 0 bridgehead atoms. The van der Waals surface area contributed by atoms with Crippen LogP contribution in [0, 0.1) is 0 Å². The first-order valence-corrected chi connectivity index (χ1v) is 11.7. The number of nitrogens with one attached hydrogen (secondary N) is 2. The normalized spacial score (nSPS) is 19.6. The molecule has 3 rings (SSSR count). The summed E-state index contributed by atoms with van der Waals surface area (Å²) < 4.78 is 25.9. The maximum absolute atomic E-state index is 11.6. The number of guanidine groups is 1. The molecule has 6 nitrogen and oxygen atoms in total. The quantitative estimate of drug-likeness (QED) is 0.597. The molecule has 1 aromatic rings. The smallest absolute Gasteiger partial charge is 0.209 e. The highest BCUT2D eigenvalue weighted by molar-refractivity contribution is 7.88. The fraction of sp³-hybridized carbons (Fsp3) is 0.650. The number of sulfonamides is 1. The molecule has 7 heteroatoms. The van der Waals surface area contributed by atoms with Gasteiger partial charge < -0.3 is 10.2 Å². The minimum atomic E-state index is -3.28. The van der Waals surface area contributed by atoms with Gasteiger partial charge in [0.2, 0.25) is 10.0 Å². The average Bonchev–Trinajstić information content (AvgIpc) is 3.16. The lowest BCUT2D eigenvalue weighted by atomic mass is 9.81. The monoisotopic (exact) mass is 392 g/mol. The van der Waals surface area contributed by atoms with Gasteiger partial charge in [-0.15, -0.1) is 0 Å². The highest BCUT2D eigenvalue weighted by Crippen LogP contribution is 2.50. The fourth-order valence-electron chi connectivity index (χ4n) is 4.50. The standard InChI is InChI=1S/C20H32N4O2S/c1-5-21-18(22-14-19(2,3)23-27(4,25)26)24-15-20(12-8-9-13-20)16-10-6-7-11-17(16)24/h6-7,10-11,23H,5,8-9,12-15H2,1-4H3,(H,21,22). The van der Waals surface area contributed by atoms with Crippen molar-refractivity contribution in [2.75, 3.05) is 30.8 Å². The zero-order valence-electron chi connectivity index (χ0n) is 16.9. The molecule has 0 atom stereocenters. The molecule has 1 aromatic carbocycles. The minimum Gasteiger partial charge on any atom is -0.356 e. The van der Waals surface area contributed by atoms with Crippen LogP contribution < -0.4 is 14.9 Å². The maximum Gasteiger partial charge on any atom is 0.209 e. The van der Waals surface area contributed by atoms with E-state index in [-0.39, 0.29) is 5.41 Å². The second-order valence-electron chi connectivity index (χ2n) is 8.52. The minimum absolute atomic E-state index is 0.229. The number of benzene rings is 1. The van der Waals surface area contributed by atoms with Crippen molar-refractivity contribution < 1.29 is 8.42 Å². The number of aliphatic imine (C=N–C) groups is 1. The highest BCUT2D eigenvalue weighted by Gasteiger charge is 2.45. The molecule has 0 radical (unpaired) electrons. The zero-order valence-corrected chi connectivity index (χ0v) is 17.7. The molecule has 0 saturated heterocycles. The Labute approximate surface area is 163 Å². The lowest BCUT2D eigenvalue weighted by molar-refractivity contribution is 0.463. The van der Waals surface area contributed by atoms with Gasteiger partial charge in [-0.1, -0.05) is 31.0 Å². The summed E-state index contributed by atoms with van der Waals surface area (Å²) in [6, 6.07) is 8.65. The molecule has 0 unspecified atom stereocenters. The molecule has 2 aliphatic rings. The third-order valence-corrected chi connectivity index (χ3v) is 6.39. The van der Waals surface area contributed by atoms with E-state index in [1.165, 1.54) is 43.2 Å². The van der Waals surface area contributed by atoms with Crippen molar-refractivity contribution in [3.63, 3.8) is 0 Å². The van der Waals surface area contributed by atoms with E-state index in [1.807, 2.05) is 13.8 Å². The van der Waals surface area contributed by atoms with Gasteiger partial charge in [-0.05, 0) is 45.2 Å². The molecule has 2 N–H and O–H groups in total. The third-order valence-electron chi connectivity index (χ3n) is 5.46. The molecule has 1 saturated carbocycles. The van der Waals surface area contributed by atoms with E-state index in [0.29, 0.717) is 6.54 Å². The van der Waals surface area contributed by atoms with E-state index in [4.69, 9.17) is 4.99 Å². The van der Waals surface area contributed by atoms with Crippen LogP contribution in [0.2, 0.25) is 0 Å². The number of nitrogens with zero attached hydrogens (tertiary/aromatic N) is 2. The number of rotatable bonds is 5. The van der Waals surface area contributed by atoms with Gasteiger partial charge in [0.25, 0.3) is 0 Å². The predicted octanol–water partition coefficient (Wildman–Crippen LogP) is 2.61. The second kappa shape index (κ2) is 7.43. The van der Waals surface area contributed by atoms with Crippen molar-refractivity contribution in [2.24, 2.45) is 4.99 Å². The molecule has 27 heavy (non-hydrogen) atoms. The van der Waals surface area contributed by atoms with Crippen LogP contribution in [-0.2, 0) is 15.4 Å². The van der Waals surface area contributed by atoms with E-state index in [2.05, 4.69) is 46.1 Å². The topological polar surface area (TPSA) is 73.8 Å². The maximum atomic E-state index is 11.6. The Hall–Kier alpha value is -1.60. The van der Waals surface area contributed by atoms with E-state index >= 15 is 0 Å². The number of anilines is 1. The van der Waals surface area contributed by atoms with Crippen LogP contribution in [0.1, 0.15) is 52.0 Å². The first-order chi connectivity index (χ1) is 12.7. The summed E-state index contributed by atoms with van der Waals surface area (Å²) in [7, 11) is -3.28. The van der Waals surface area contributed by atoms with Crippen LogP contribution in [0.5, 0.6) is 0 Å². The van der Waals surface area contributed by atoms with Gasteiger partial charge in [0.1, 0.15) is 0 Å². The van der Waals surface area contributed by atoms with Crippen molar-refractivity contribution in [2.45, 2.75) is 57.4 Å². The third kappa shape index (κ3) is 4.46. The largest absolute Gasteiger partial charge is 0.356 e. The summed E-state index contributed by atoms with van der Waals surface area (Å²) in [6.45, 7) is 7.86. The summed E-state index contributed by atoms with van der Waals surface area (Å²) in [5.74, 6) is 0.831. The second-order valence-corrected chi connectivity index (χ2v) is 10.3. The molecule has 1 heterocycles. The summed E-state index contributed by atoms with van der Waals surface area (Å²) in [5.41, 5.74) is 2.25. The van der Waals surface area contributed by atoms with Crippen LogP contribution in [0.25, 0.3) is 0 Å². The molecule has 1 spiro atoms. The van der Waals surface area contributed by atoms with Gasteiger partial charge in [-0.25, -0.2) is 13.1 Å². The van der Waals surface area contributed by atoms with Gasteiger partial charge in [0.05, 0.1) is 12.8 Å². The average molecular weight is 393 g/mol. The molecular formula is C20H32N4O2S. The van der Waals surface area contributed by atoms with Crippen LogP contribution in [0.15, 0.2) is 29.3 Å². The van der Waals surface area contributed by atoms with Crippen molar-refractivity contribution in [1.29, 1.82) is 0 Å². The van der Waals surface area contributed by atoms with Crippen LogP contribution in [-0.4, -0.2) is 45.8 Å². The molecule has 0 aromatic heterocycles. The lowest BCUT2D eigenvalue weighted by Crippen LogP contribution is -2.48.